The van der Waals surface area contributed by atoms with Gasteiger partial charge in [-0.1, -0.05) is 82.8 Å². The second-order valence-electron chi connectivity index (χ2n) is 9.46. The van der Waals surface area contributed by atoms with Crippen molar-refractivity contribution in [1.29, 1.82) is 0 Å². The Labute approximate surface area is 217 Å². The van der Waals surface area contributed by atoms with Crippen LogP contribution in [0.15, 0.2) is 24.3 Å². The molecule has 1 heterocycles. The van der Waals surface area contributed by atoms with E-state index in [1.165, 1.54) is 12.8 Å². The fraction of sp³-hybridized carbons (Fsp3) is 0.533. The molecule has 7 heteroatoms. The summed E-state index contributed by atoms with van der Waals surface area (Å²) in [6, 6.07) is 6.77. The average molecular weight is 521 g/mol. The second-order valence-corrected chi connectivity index (χ2v) is 9.46. The average Bonchev–Trinajstić information content (AvgIpc) is 2.92. The number of halogens is 4. The number of hydrogen-bond donors (Lipinski definition) is 0. The molecule has 0 aromatic heterocycles. The van der Waals surface area contributed by atoms with Gasteiger partial charge >= 0.3 is 0 Å². The van der Waals surface area contributed by atoms with Gasteiger partial charge in [-0.25, -0.2) is 8.78 Å². The molecule has 1 aliphatic rings. The first-order valence-corrected chi connectivity index (χ1v) is 13.3. The molecule has 1 aliphatic heterocycles. The molecule has 37 heavy (non-hydrogen) atoms. The molecule has 0 amide bonds. The van der Waals surface area contributed by atoms with E-state index in [1.54, 1.807) is 24.3 Å². The molecule has 2 aromatic carbocycles. The largest absolute Gasteiger partial charge is 0.487 e. The molecule has 0 N–H and O–H groups in total. The van der Waals surface area contributed by atoms with Crippen molar-refractivity contribution in [2.45, 2.75) is 77.9 Å². The van der Waals surface area contributed by atoms with Crippen LogP contribution in [-0.2, 0) is 9.47 Å². The molecule has 0 radical (unpaired) electrons. The lowest BCUT2D eigenvalue weighted by Gasteiger charge is -2.29. The monoisotopic (exact) mass is 520 g/mol. The summed E-state index contributed by atoms with van der Waals surface area (Å²) in [7, 11) is 0. The predicted molar refractivity (Wildman–Crippen MR) is 135 cm³/mol. The Morgan fingerprint density at radius 2 is 1.35 bits per heavy atom. The highest BCUT2D eigenvalue weighted by atomic mass is 19.2. The first-order valence-electron chi connectivity index (χ1n) is 13.3. The predicted octanol–water partition coefficient (Wildman–Crippen LogP) is 8.23. The molecule has 0 saturated carbocycles. The zero-order valence-electron chi connectivity index (χ0n) is 21.7. The SMILES string of the molecule is CCCCCCCOc1c(F)c(F)c(C#Cc2ccc(C3OCC(CCCCC)CO3)cc2)c(F)c1F. The Hall–Kier alpha value is -2.56. The van der Waals surface area contributed by atoms with Gasteiger partial charge in [-0.2, -0.15) is 8.78 Å². The maximum absolute atomic E-state index is 14.5. The van der Waals surface area contributed by atoms with Gasteiger partial charge in [0.25, 0.3) is 0 Å². The van der Waals surface area contributed by atoms with Gasteiger partial charge in [-0.05, 0) is 25.0 Å². The smallest absolute Gasteiger partial charge is 0.205 e. The van der Waals surface area contributed by atoms with Gasteiger partial charge in [0.1, 0.15) is 5.56 Å². The molecule has 2 aromatic rings. The minimum atomic E-state index is -1.58. The van der Waals surface area contributed by atoms with E-state index in [9.17, 15) is 17.6 Å². The molecule has 3 nitrogen and oxygen atoms in total. The van der Waals surface area contributed by atoms with E-state index >= 15 is 0 Å². The third-order valence-electron chi connectivity index (χ3n) is 6.41. The van der Waals surface area contributed by atoms with Crippen LogP contribution < -0.4 is 4.74 Å². The maximum Gasteiger partial charge on any atom is 0.205 e. The van der Waals surface area contributed by atoms with E-state index in [1.807, 2.05) is 0 Å². The van der Waals surface area contributed by atoms with Crippen LogP contribution in [0.3, 0.4) is 0 Å². The summed E-state index contributed by atoms with van der Waals surface area (Å²) in [5.41, 5.74) is 0.245. The molecule has 0 aliphatic carbocycles. The number of hydrogen-bond acceptors (Lipinski definition) is 3. The Balaban J connectivity index is 1.61. The third-order valence-corrected chi connectivity index (χ3v) is 6.41. The quantitative estimate of drug-likeness (QED) is 0.122. The van der Waals surface area contributed by atoms with Crippen molar-refractivity contribution in [3.8, 4) is 17.6 Å². The lowest BCUT2D eigenvalue weighted by molar-refractivity contribution is -0.206. The summed E-state index contributed by atoms with van der Waals surface area (Å²) < 4.78 is 74.6. The van der Waals surface area contributed by atoms with Crippen LogP contribution in [0.25, 0.3) is 0 Å². The topological polar surface area (TPSA) is 27.7 Å². The van der Waals surface area contributed by atoms with E-state index in [0.29, 0.717) is 31.1 Å². The van der Waals surface area contributed by atoms with Crippen LogP contribution in [0.5, 0.6) is 5.75 Å². The molecule has 0 atom stereocenters. The fourth-order valence-electron chi connectivity index (χ4n) is 4.17. The Kier molecular flexibility index (Phi) is 11.8. The number of ether oxygens (including phenoxy) is 3. The summed E-state index contributed by atoms with van der Waals surface area (Å²) in [5.74, 6) is -2.15. The zero-order valence-corrected chi connectivity index (χ0v) is 21.7. The first-order chi connectivity index (χ1) is 18.0. The van der Waals surface area contributed by atoms with Crippen LogP contribution >= 0.6 is 0 Å². The molecule has 1 fully saturated rings. The van der Waals surface area contributed by atoms with Gasteiger partial charge < -0.3 is 14.2 Å². The second kappa shape index (κ2) is 15.0. The Morgan fingerprint density at radius 3 is 1.97 bits per heavy atom. The van der Waals surface area contributed by atoms with E-state index < -0.39 is 40.9 Å². The highest BCUT2D eigenvalue weighted by Crippen LogP contribution is 2.30. The van der Waals surface area contributed by atoms with Crippen LogP contribution in [0.1, 0.15) is 94.6 Å². The van der Waals surface area contributed by atoms with Crippen molar-refractivity contribution in [2.24, 2.45) is 5.92 Å². The molecule has 0 unspecified atom stereocenters. The van der Waals surface area contributed by atoms with E-state index in [4.69, 9.17) is 14.2 Å². The molecule has 202 valence electrons. The van der Waals surface area contributed by atoms with Gasteiger partial charge in [-0.15, -0.1) is 0 Å². The highest BCUT2D eigenvalue weighted by Gasteiger charge is 2.26. The normalized spacial score (nSPS) is 17.4. The van der Waals surface area contributed by atoms with Crippen LogP contribution in [0.2, 0.25) is 0 Å². The highest BCUT2D eigenvalue weighted by molar-refractivity contribution is 5.47. The molecular formula is C30H36F4O3. The summed E-state index contributed by atoms with van der Waals surface area (Å²) in [6.07, 6.45) is 8.54. The van der Waals surface area contributed by atoms with Crippen molar-refractivity contribution in [2.75, 3.05) is 19.8 Å². The molecule has 0 bridgehead atoms. The van der Waals surface area contributed by atoms with Crippen molar-refractivity contribution in [3.63, 3.8) is 0 Å². The van der Waals surface area contributed by atoms with Crippen molar-refractivity contribution < 1.29 is 31.8 Å². The van der Waals surface area contributed by atoms with Gasteiger partial charge in [0.15, 0.2) is 23.7 Å². The van der Waals surface area contributed by atoms with E-state index in [0.717, 1.165) is 44.1 Å². The van der Waals surface area contributed by atoms with Crippen molar-refractivity contribution in [3.05, 3.63) is 64.2 Å². The van der Waals surface area contributed by atoms with Gasteiger partial charge in [0.2, 0.25) is 11.6 Å². The van der Waals surface area contributed by atoms with Gasteiger partial charge in [0.05, 0.1) is 19.8 Å². The van der Waals surface area contributed by atoms with Crippen LogP contribution in [-0.4, -0.2) is 19.8 Å². The number of benzene rings is 2. The summed E-state index contributed by atoms with van der Waals surface area (Å²) in [4.78, 5) is 0. The molecule has 3 rings (SSSR count). The van der Waals surface area contributed by atoms with Crippen LogP contribution in [0, 0.1) is 41.0 Å². The van der Waals surface area contributed by atoms with Gasteiger partial charge in [0, 0.05) is 17.0 Å². The lowest BCUT2D eigenvalue weighted by Crippen LogP contribution is -2.27. The minimum Gasteiger partial charge on any atom is -0.487 e. The zero-order chi connectivity index (χ0) is 26.6. The standard InChI is InChI=1S/C30H36F4O3/c1-3-5-7-8-10-18-35-29-27(33)25(31)24(26(32)28(29)34)17-14-21-12-15-23(16-13-21)30-36-19-22(20-37-30)11-9-6-4-2/h12-13,15-16,22,30H,3-11,18-20H2,1-2H3. The van der Waals surface area contributed by atoms with E-state index in [-0.39, 0.29) is 6.61 Å². The van der Waals surface area contributed by atoms with Crippen molar-refractivity contribution >= 4 is 0 Å². The first kappa shape index (κ1) is 29.0. The van der Waals surface area contributed by atoms with Crippen molar-refractivity contribution in [1.82, 2.24) is 0 Å². The Bertz CT molecular complexity index is 1020. The maximum atomic E-state index is 14.5. The summed E-state index contributed by atoms with van der Waals surface area (Å²) in [5, 5.41) is 0. The summed E-state index contributed by atoms with van der Waals surface area (Å²) >= 11 is 0. The number of rotatable bonds is 12. The molecule has 0 spiro atoms. The van der Waals surface area contributed by atoms with Gasteiger partial charge in [-0.3, -0.25) is 0 Å². The van der Waals surface area contributed by atoms with E-state index in [2.05, 4.69) is 25.7 Å². The lowest BCUT2D eigenvalue weighted by atomic mass is 10.0. The summed E-state index contributed by atoms with van der Waals surface area (Å²) in [6.45, 7) is 5.47. The Morgan fingerprint density at radius 1 is 0.757 bits per heavy atom. The number of unbranched alkanes of at least 4 members (excludes halogenated alkanes) is 6. The minimum absolute atomic E-state index is 0.0260. The molecule has 1 saturated heterocycles. The van der Waals surface area contributed by atoms with Crippen LogP contribution in [0.4, 0.5) is 17.6 Å². The fourth-order valence-corrected chi connectivity index (χ4v) is 4.17. The molecular weight excluding hydrogens is 484 g/mol. The third kappa shape index (κ3) is 8.21.